The molecule has 1 saturated carbocycles. The highest BCUT2D eigenvalue weighted by Gasteiger charge is 2.37. The van der Waals surface area contributed by atoms with Crippen LogP contribution in [0.4, 0.5) is 0 Å². The maximum absolute atomic E-state index is 13.0. The molecular formula is C29H34N4O2. The van der Waals surface area contributed by atoms with Gasteiger partial charge in [0.2, 0.25) is 0 Å². The summed E-state index contributed by atoms with van der Waals surface area (Å²) in [5, 5.41) is 6.60. The average molecular weight is 471 g/mol. The van der Waals surface area contributed by atoms with E-state index in [2.05, 4.69) is 39.9 Å². The lowest BCUT2D eigenvalue weighted by atomic mass is 9.68. The molecule has 0 heterocycles. The summed E-state index contributed by atoms with van der Waals surface area (Å²) in [6.07, 6.45) is 3.77. The second kappa shape index (κ2) is 11.6. The SMILES string of the molecule is COc1ccccc1C(=O)NCC1(c2ccccc2)CCC(NC(N)=NCc2ccccc2)CC1. The van der Waals surface area contributed by atoms with Gasteiger partial charge in [-0.25, -0.2) is 4.99 Å². The number of nitrogens with zero attached hydrogens (tertiary/aromatic N) is 1. The molecule has 3 aromatic carbocycles. The van der Waals surface area contributed by atoms with Gasteiger partial charge in [0.15, 0.2) is 5.96 Å². The first-order valence-electron chi connectivity index (χ1n) is 12.2. The van der Waals surface area contributed by atoms with E-state index in [4.69, 9.17) is 10.5 Å². The number of nitrogens with one attached hydrogen (secondary N) is 2. The fraction of sp³-hybridized carbons (Fsp3) is 0.310. The summed E-state index contributed by atoms with van der Waals surface area (Å²) < 4.78 is 5.37. The van der Waals surface area contributed by atoms with Crippen LogP contribution in [-0.2, 0) is 12.0 Å². The van der Waals surface area contributed by atoms with E-state index in [9.17, 15) is 4.79 Å². The van der Waals surface area contributed by atoms with Crippen molar-refractivity contribution in [2.75, 3.05) is 13.7 Å². The minimum absolute atomic E-state index is 0.115. The predicted molar refractivity (Wildman–Crippen MR) is 141 cm³/mol. The molecule has 0 radical (unpaired) electrons. The highest BCUT2D eigenvalue weighted by Crippen LogP contribution is 2.39. The van der Waals surface area contributed by atoms with Crippen molar-refractivity contribution in [2.45, 2.75) is 43.7 Å². The Labute approximate surface area is 207 Å². The Morgan fingerprint density at radius 2 is 1.60 bits per heavy atom. The lowest BCUT2D eigenvalue weighted by molar-refractivity contribution is 0.0932. The van der Waals surface area contributed by atoms with Crippen LogP contribution in [0.5, 0.6) is 5.75 Å². The molecule has 0 atom stereocenters. The van der Waals surface area contributed by atoms with E-state index in [1.165, 1.54) is 5.56 Å². The van der Waals surface area contributed by atoms with Crippen molar-refractivity contribution < 1.29 is 9.53 Å². The van der Waals surface area contributed by atoms with Crippen LogP contribution < -0.4 is 21.1 Å². The van der Waals surface area contributed by atoms with Crippen molar-refractivity contribution in [1.29, 1.82) is 0 Å². The summed E-state index contributed by atoms with van der Waals surface area (Å²) in [7, 11) is 1.58. The van der Waals surface area contributed by atoms with Crippen molar-refractivity contribution in [3.05, 3.63) is 102 Å². The lowest BCUT2D eigenvalue weighted by Crippen LogP contribution is -2.48. The molecule has 4 rings (SSSR count). The number of methoxy groups -OCH3 is 1. The van der Waals surface area contributed by atoms with Crippen LogP contribution in [0, 0.1) is 0 Å². The molecule has 6 heteroatoms. The van der Waals surface area contributed by atoms with Crippen molar-refractivity contribution in [3.8, 4) is 5.75 Å². The number of ether oxygens (including phenoxy) is 1. The number of hydrogen-bond donors (Lipinski definition) is 3. The van der Waals surface area contributed by atoms with Crippen molar-refractivity contribution in [1.82, 2.24) is 10.6 Å². The quantitative estimate of drug-likeness (QED) is 0.336. The van der Waals surface area contributed by atoms with Crippen molar-refractivity contribution in [2.24, 2.45) is 10.7 Å². The van der Waals surface area contributed by atoms with Gasteiger partial charge in [-0.3, -0.25) is 4.79 Å². The zero-order valence-corrected chi connectivity index (χ0v) is 20.2. The number of amides is 1. The first-order valence-corrected chi connectivity index (χ1v) is 12.2. The molecule has 4 N–H and O–H groups in total. The van der Waals surface area contributed by atoms with E-state index >= 15 is 0 Å². The Morgan fingerprint density at radius 1 is 0.971 bits per heavy atom. The number of carbonyl (C=O) groups excluding carboxylic acids is 1. The van der Waals surface area contributed by atoms with Gasteiger partial charge in [-0.05, 0) is 48.9 Å². The normalized spacial score (nSPS) is 20.1. The topological polar surface area (TPSA) is 88.7 Å². The van der Waals surface area contributed by atoms with E-state index in [-0.39, 0.29) is 17.4 Å². The first kappa shape index (κ1) is 24.3. The highest BCUT2D eigenvalue weighted by molar-refractivity contribution is 5.97. The third kappa shape index (κ3) is 6.21. The Morgan fingerprint density at radius 3 is 2.29 bits per heavy atom. The molecule has 182 valence electrons. The molecule has 0 spiro atoms. The van der Waals surface area contributed by atoms with Crippen LogP contribution in [0.25, 0.3) is 0 Å². The van der Waals surface area contributed by atoms with Gasteiger partial charge in [0.05, 0.1) is 19.2 Å². The largest absolute Gasteiger partial charge is 0.496 e. The number of rotatable bonds is 8. The number of carbonyl (C=O) groups is 1. The molecule has 0 unspecified atom stereocenters. The summed E-state index contributed by atoms with van der Waals surface area (Å²) in [6.45, 7) is 1.13. The standard InChI is InChI=1S/C29H34N4O2/c1-35-26-15-9-8-14-25(26)27(34)32-21-29(23-12-6-3-7-13-23)18-16-24(17-19-29)33-28(30)31-20-22-10-4-2-5-11-22/h2-15,24H,16-21H2,1H3,(H,32,34)(H3,30,31,33). The molecule has 35 heavy (non-hydrogen) atoms. The predicted octanol–water partition coefficient (Wildman–Crippen LogP) is 4.41. The second-order valence-corrected chi connectivity index (χ2v) is 9.13. The van der Waals surface area contributed by atoms with Gasteiger partial charge >= 0.3 is 0 Å². The summed E-state index contributed by atoms with van der Waals surface area (Å²) in [4.78, 5) is 17.5. The zero-order valence-electron chi connectivity index (χ0n) is 20.2. The van der Waals surface area contributed by atoms with Crippen molar-refractivity contribution in [3.63, 3.8) is 0 Å². The summed E-state index contributed by atoms with van der Waals surface area (Å²) in [5.41, 5.74) is 9.00. The monoisotopic (exact) mass is 470 g/mol. The third-order valence-electron chi connectivity index (χ3n) is 6.89. The molecule has 3 aromatic rings. The summed E-state index contributed by atoms with van der Waals surface area (Å²) in [6, 6.07) is 28.2. The van der Waals surface area contributed by atoms with Crippen LogP contribution in [0.15, 0.2) is 89.9 Å². The molecular weight excluding hydrogens is 436 g/mol. The molecule has 0 aliphatic heterocycles. The summed E-state index contributed by atoms with van der Waals surface area (Å²) >= 11 is 0. The molecule has 0 aromatic heterocycles. The molecule has 0 bridgehead atoms. The minimum atomic E-state index is -0.132. The Kier molecular flexibility index (Phi) is 8.03. The minimum Gasteiger partial charge on any atom is -0.496 e. The second-order valence-electron chi connectivity index (χ2n) is 9.13. The van der Waals surface area contributed by atoms with Crippen LogP contribution >= 0.6 is 0 Å². The maximum Gasteiger partial charge on any atom is 0.255 e. The van der Waals surface area contributed by atoms with Crippen molar-refractivity contribution >= 4 is 11.9 Å². The molecule has 6 nitrogen and oxygen atoms in total. The number of nitrogens with two attached hydrogens (primary N) is 1. The Bertz CT molecular complexity index is 1120. The van der Waals surface area contributed by atoms with Crippen LogP contribution in [-0.4, -0.2) is 31.6 Å². The van der Waals surface area contributed by atoms with Gasteiger partial charge in [0.1, 0.15) is 5.75 Å². The van der Waals surface area contributed by atoms with Gasteiger partial charge in [0.25, 0.3) is 5.91 Å². The van der Waals surface area contributed by atoms with Gasteiger partial charge in [-0.1, -0.05) is 72.8 Å². The van der Waals surface area contributed by atoms with Gasteiger partial charge < -0.3 is 21.1 Å². The van der Waals surface area contributed by atoms with Crippen LogP contribution in [0.3, 0.4) is 0 Å². The Hall–Kier alpha value is -3.80. The molecule has 1 aliphatic rings. The van der Waals surface area contributed by atoms with Crippen LogP contribution in [0.2, 0.25) is 0 Å². The van der Waals surface area contributed by atoms with E-state index < -0.39 is 0 Å². The van der Waals surface area contributed by atoms with Gasteiger partial charge in [0, 0.05) is 18.0 Å². The third-order valence-corrected chi connectivity index (χ3v) is 6.89. The number of aliphatic imine (C=N–C) groups is 1. The molecule has 1 aliphatic carbocycles. The fourth-order valence-electron chi connectivity index (χ4n) is 4.87. The lowest BCUT2D eigenvalue weighted by Gasteiger charge is -2.41. The fourth-order valence-corrected chi connectivity index (χ4v) is 4.87. The number of guanidine groups is 1. The average Bonchev–Trinajstić information content (AvgIpc) is 2.92. The van der Waals surface area contributed by atoms with Crippen LogP contribution in [0.1, 0.15) is 47.2 Å². The molecule has 0 saturated heterocycles. The molecule has 1 amide bonds. The highest BCUT2D eigenvalue weighted by atomic mass is 16.5. The van der Waals surface area contributed by atoms with E-state index in [1.807, 2.05) is 54.6 Å². The zero-order chi connectivity index (χ0) is 24.5. The smallest absolute Gasteiger partial charge is 0.255 e. The van der Waals surface area contributed by atoms with E-state index in [0.717, 1.165) is 31.2 Å². The summed E-state index contributed by atoms with van der Waals surface area (Å²) in [5.74, 6) is 0.947. The first-order chi connectivity index (χ1) is 17.1. The van der Waals surface area contributed by atoms with E-state index in [1.54, 1.807) is 13.2 Å². The van der Waals surface area contributed by atoms with E-state index in [0.29, 0.717) is 30.4 Å². The van der Waals surface area contributed by atoms with Gasteiger partial charge in [-0.2, -0.15) is 0 Å². The maximum atomic E-state index is 13.0. The number of benzene rings is 3. The number of hydrogen-bond acceptors (Lipinski definition) is 3. The van der Waals surface area contributed by atoms with Gasteiger partial charge in [-0.15, -0.1) is 0 Å². The number of para-hydroxylation sites is 1. The Balaban J connectivity index is 1.40. The molecule has 1 fully saturated rings.